The minimum absolute atomic E-state index is 0. The van der Waals surface area contributed by atoms with Crippen molar-refractivity contribution < 1.29 is 4.79 Å². The van der Waals surface area contributed by atoms with Gasteiger partial charge in [0, 0.05) is 56.4 Å². The summed E-state index contributed by atoms with van der Waals surface area (Å²) in [5.74, 6) is 1.83. The van der Waals surface area contributed by atoms with E-state index in [-0.39, 0.29) is 42.6 Å². The molecule has 3 atom stereocenters. The highest BCUT2D eigenvalue weighted by Gasteiger charge is 2.38. The molecule has 1 N–H and O–H groups in total. The Morgan fingerprint density at radius 3 is 2.55 bits per heavy atom. The quantitative estimate of drug-likeness (QED) is 0.637. The van der Waals surface area contributed by atoms with E-state index in [9.17, 15) is 4.79 Å². The second-order valence-corrected chi connectivity index (χ2v) is 9.67. The first-order chi connectivity index (χ1) is 15.0. The molecule has 3 aliphatic rings. The molecule has 0 radical (unpaired) electrons. The van der Waals surface area contributed by atoms with Gasteiger partial charge in [-0.1, -0.05) is 36.2 Å². The van der Waals surface area contributed by atoms with E-state index in [1.54, 1.807) is 6.33 Å². The summed E-state index contributed by atoms with van der Waals surface area (Å²) in [6, 6.07) is 5.70. The summed E-state index contributed by atoms with van der Waals surface area (Å²) in [6.07, 6.45) is 3.87. The van der Waals surface area contributed by atoms with E-state index in [2.05, 4.69) is 27.1 Å². The average molecular weight is 533 g/mol. The Morgan fingerprint density at radius 1 is 1.06 bits per heavy atom. The largest absolute Gasteiger partial charge is 0.353 e. The fourth-order valence-corrected chi connectivity index (χ4v) is 5.59. The minimum atomic E-state index is -0.0767. The molecule has 0 unspecified atom stereocenters. The molecular formula is C23H29Cl4N5O. The summed E-state index contributed by atoms with van der Waals surface area (Å²) in [7, 11) is 0. The Morgan fingerprint density at radius 2 is 1.82 bits per heavy atom. The van der Waals surface area contributed by atoms with Crippen LogP contribution in [0.3, 0.4) is 0 Å². The zero-order chi connectivity index (χ0) is 21.5. The molecule has 1 amide bonds. The number of piperazine rings is 1. The van der Waals surface area contributed by atoms with Gasteiger partial charge < -0.3 is 15.1 Å². The van der Waals surface area contributed by atoms with Gasteiger partial charge in [-0.25, -0.2) is 9.97 Å². The standard InChI is InChI=1S/C23H27Cl2N5O.2ClH/c1-14-2-5-20-21(14)22(28-13-27-20)29-6-8-30(9-7-29)23(31)17-12-26-11-16(17)15-3-4-18(24)19(25)10-15;;/h3-4,10,13-14,16-17,26H,2,5-9,11-12H2,1H3;2*1H/t14-,16-,17+;;/m1../s1. The lowest BCUT2D eigenvalue weighted by molar-refractivity contribution is -0.135. The first kappa shape index (κ1) is 26.3. The van der Waals surface area contributed by atoms with E-state index < -0.39 is 0 Å². The van der Waals surface area contributed by atoms with E-state index in [1.807, 2.05) is 23.1 Å². The van der Waals surface area contributed by atoms with E-state index in [4.69, 9.17) is 23.2 Å². The van der Waals surface area contributed by atoms with Gasteiger partial charge in [-0.3, -0.25) is 4.79 Å². The number of aryl methyl sites for hydroxylation is 1. The molecular weight excluding hydrogens is 504 g/mol. The van der Waals surface area contributed by atoms with Crippen LogP contribution in [0.2, 0.25) is 10.0 Å². The van der Waals surface area contributed by atoms with Gasteiger partial charge >= 0.3 is 0 Å². The Bertz CT molecular complexity index is 999. The van der Waals surface area contributed by atoms with Crippen LogP contribution in [0.15, 0.2) is 24.5 Å². The number of halogens is 4. The lowest BCUT2D eigenvalue weighted by Gasteiger charge is -2.38. The summed E-state index contributed by atoms with van der Waals surface area (Å²) in [4.78, 5) is 26.8. The van der Waals surface area contributed by atoms with Gasteiger partial charge in [0.15, 0.2) is 0 Å². The fraction of sp³-hybridized carbons (Fsp3) is 0.522. The molecule has 3 heterocycles. The zero-order valence-electron chi connectivity index (χ0n) is 18.5. The van der Waals surface area contributed by atoms with Gasteiger partial charge in [-0.15, -0.1) is 24.8 Å². The molecule has 1 aromatic heterocycles. The number of anilines is 1. The second kappa shape index (κ2) is 11.0. The highest BCUT2D eigenvalue weighted by molar-refractivity contribution is 6.42. The summed E-state index contributed by atoms with van der Waals surface area (Å²) in [5, 5.41) is 4.47. The van der Waals surface area contributed by atoms with Crippen LogP contribution in [-0.2, 0) is 11.2 Å². The Labute approximate surface area is 217 Å². The topological polar surface area (TPSA) is 61.4 Å². The van der Waals surface area contributed by atoms with Crippen molar-refractivity contribution in [3.8, 4) is 0 Å². The summed E-state index contributed by atoms with van der Waals surface area (Å²) < 4.78 is 0. The third-order valence-electron chi connectivity index (χ3n) is 7.05. The molecule has 2 saturated heterocycles. The van der Waals surface area contributed by atoms with Crippen LogP contribution in [0, 0.1) is 5.92 Å². The van der Waals surface area contributed by atoms with Crippen LogP contribution in [0.25, 0.3) is 0 Å². The number of aromatic nitrogens is 2. The molecule has 1 aromatic carbocycles. The predicted octanol–water partition coefficient (Wildman–Crippen LogP) is 4.33. The number of carbonyl (C=O) groups is 1. The molecule has 0 spiro atoms. The molecule has 10 heteroatoms. The van der Waals surface area contributed by atoms with Crippen molar-refractivity contribution in [2.45, 2.75) is 31.6 Å². The normalized spacial score (nSPS) is 24.2. The second-order valence-electron chi connectivity index (χ2n) is 8.85. The van der Waals surface area contributed by atoms with Crippen molar-refractivity contribution in [1.29, 1.82) is 0 Å². The third kappa shape index (κ3) is 5.06. The van der Waals surface area contributed by atoms with Crippen LogP contribution < -0.4 is 10.2 Å². The lowest BCUT2D eigenvalue weighted by Crippen LogP contribution is -2.51. The first-order valence-corrected chi connectivity index (χ1v) is 11.8. The van der Waals surface area contributed by atoms with Crippen LogP contribution in [0.5, 0.6) is 0 Å². The highest BCUT2D eigenvalue weighted by Crippen LogP contribution is 2.38. The minimum Gasteiger partial charge on any atom is -0.353 e. The van der Waals surface area contributed by atoms with Crippen molar-refractivity contribution in [1.82, 2.24) is 20.2 Å². The Hall–Kier alpha value is -1.31. The fourth-order valence-electron chi connectivity index (χ4n) is 5.28. The summed E-state index contributed by atoms with van der Waals surface area (Å²) in [6.45, 7) is 6.78. The molecule has 0 bridgehead atoms. The average Bonchev–Trinajstić information content (AvgIpc) is 3.43. The molecule has 1 aliphatic carbocycles. The smallest absolute Gasteiger partial charge is 0.227 e. The van der Waals surface area contributed by atoms with E-state index in [0.717, 1.165) is 56.9 Å². The van der Waals surface area contributed by atoms with Gasteiger partial charge in [0.25, 0.3) is 0 Å². The number of carbonyl (C=O) groups excluding carboxylic acids is 1. The van der Waals surface area contributed by atoms with Crippen molar-refractivity contribution in [3.63, 3.8) is 0 Å². The van der Waals surface area contributed by atoms with Crippen LogP contribution in [-0.4, -0.2) is 60.0 Å². The number of nitrogens with one attached hydrogen (secondary N) is 1. The Balaban J connectivity index is 0.00000153. The number of benzene rings is 1. The summed E-state index contributed by atoms with van der Waals surface area (Å²) in [5.41, 5.74) is 3.57. The van der Waals surface area contributed by atoms with Crippen molar-refractivity contribution in [3.05, 3.63) is 51.4 Å². The van der Waals surface area contributed by atoms with Crippen molar-refractivity contribution >= 4 is 59.7 Å². The van der Waals surface area contributed by atoms with Crippen LogP contribution >= 0.6 is 48.0 Å². The van der Waals surface area contributed by atoms with Gasteiger partial charge in [0.2, 0.25) is 5.91 Å². The molecule has 6 nitrogen and oxygen atoms in total. The molecule has 2 aromatic rings. The van der Waals surface area contributed by atoms with Gasteiger partial charge in [0.05, 0.1) is 16.0 Å². The predicted molar refractivity (Wildman–Crippen MR) is 138 cm³/mol. The maximum absolute atomic E-state index is 13.4. The number of fused-ring (bicyclic) bond motifs is 1. The van der Waals surface area contributed by atoms with E-state index in [0.29, 0.717) is 22.5 Å². The van der Waals surface area contributed by atoms with Gasteiger partial charge in [-0.2, -0.15) is 0 Å². The molecule has 180 valence electrons. The molecule has 33 heavy (non-hydrogen) atoms. The van der Waals surface area contributed by atoms with Crippen molar-refractivity contribution in [2.75, 3.05) is 44.2 Å². The van der Waals surface area contributed by atoms with Crippen LogP contribution in [0.4, 0.5) is 5.82 Å². The SMILES string of the molecule is C[C@@H]1CCc2ncnc(N3CCN(C(=O)[C@H]4CNC[C@@H]4c4ccc(Cl)c(Cl)c4)CC3)c21.Cl.Cl. The van der Waals surface area contributed by atoms with Gasteiger partial charge in [-0.05, 0) is 36.5 Å². The maximum Gasteiger partial charge on any atom is 0.227 e. The Kier molecular flexibility index (Phi) is 8.73. The number of nitrogens with zero attached hydrogens (tertiary/aromatic N) is 4. The summed E-state index contributed by atoms with van der Waals surface area (Å²) >= 11 is 12.3. The van der Waals surface area contributed by atoms with Gasteiger partial charge in [0.1, 0.15) is 12.1 Å². The molecule has 0 saturated carbocycles. The molecule has 2 fully saturated rings. The lowest BCUT2D eigenvalue weighted by atomic mass is 9.88. The molecule has 2 aliphatic heterocycles. The molecule has 5 rings (SSSR count). The number of hydrogen-bond acceptors (Lipinski definition) is 5. The van der Waals surface area contributed by atoms with Crippen molar-refractivity contribution in [2.24, 2.45) is 5.92 Å². The number of amides is 1. The van der Waals surface area contributed by atoms with E-state index >= 15 is 0 Å². The monoisotopic (exact) mass is 531 g/mol. The first-order valence-electron chi connectivity index (χ1n) is 11.1. The third-order valence-corrected chi connectivity index (χ3v) is 7.79. The zero-order valence-corrected chi connectivity index (χ0v) is 21.6. The number of hydrogen-bond donors (Lipinski definition) is 1. The highest BCUT2D eigenvalue weighted by atomic mass is 35.5. The van der Waals surface area contributed by atoms with E-state index in [1.165, 1.54) is 11.3 Å². The maximum atomic E-state index is 13.4. The van der Waals surface area contributed by atoms with Crippen LogP contribution in [0.1, 0.15) is 42.0 Å². The number of rotatable bonds is 3.